The molecule has 1 aromatic heterocycles. The van der Waals surface area contributed by atoms with Crippen LogP contribution in [0.5, 0.6) is 0 Å². The third-order valence-electron chi connectivity index (χ3n) is 4.80. The molecule has 0 fully saturated rings. The van der Waals surface area contributed by atoms with E-state index in [2.05, 4.69) is 45.4 Å². The average Bonchev–Trinajstić information content (AvgIpc) is 3.10. The van der Waals surface area contributed by atoms with Crippen LogP contribution in [0, 0.1) is 9.49 Å². The van der Waals surface area contributed by atoms with Crippen LogP contribution in [0.2, 0.25) is 5.02 Å². The Morgan fingerprint density at radius 1 is 1.07 bits per heavy atom. The zero-order chi connectivity index (χ0) is 21.3. The van der Waals surface area contributed by atoms with Crippen LogP contribution in [0.1, 0.15) is 29.8 Å². The van der Waals surface area contributed by atoms with E-state index < -0.39 is 0 Å². The van der Waals surface area contributed by atoms with Gasteiger partial charge in [-0.2, -0.15) is 0 Å². The van der Waals surface area contributed by atoms with Gasteiger partial charge in [0.05, 0.1) is 11.0 Å². The molecule has 30 heavy (non-hydrogen) atoms. The summed E-state index contributed by atoms with van der Waals surface area (Å²) in [6.07, 6.45) is 0. The molecule has 4 rings (SSSR count). The van der Waals surface area contributed by atoms with Crippen LogP contribution < -0.4 is 0 Å². The van der Waals surface area contributed by atoms with Crippen LogP contribution >= 0.6 is 46.0 Å². The van der Waals surface area contributed by atoms with Crippen LogP contribution in [0.25, 0.3) is 16.7 Å². The number of carbonyl (C=O) groups is 1. The molecule has 0 bridgehead atoms. The van der Waals surface area contributed by atoms with Gasteiger partial charge in [-0.15, -0.1) is 0 Å². The van der Waals surface area contributed by atoms with E-state index >= 15 is 0 Å². The quantitative estimate of drug-likeness (QED) is 0.143. The highest BCUT2D eigenvalue weighted by molar-refractivity contribution is 14.1. The molecule has 0 aliphatic rings. The molecular formula is C24H20ClIN2OS. The number of fused-ring (bicyclic) bond motifs is 1. The summed E-state index contributed by atoms with van der Waals surface area (Å²) >= 11 is 10.0. The smallest absolute Gasteiger partial charge is 0.174 e. The second-order valence-corrected chi connectivity index (χ2v) is 9.97. The molecule has 0 spiro atoms. The van der Waals surface area contributed by atoms with Gasteiger partial charge in [-0.3, -0.25) is 9.36 Å². The topological polar surface area (TPSA) is 34.9 Å². The summed E-state index contributed by atoms with van der Waals surface area (Å²) in [5, 5.41) is 1.66. The third kappa shape index (κ3) is 4.58. The molecule has 0 aliphatic carbocycles. The maximum atomic E-state index is 12.3. The average molecular weight is 547 g/mol. The minimum absolute atomic E-state index is 0.0167. The monoisotopic (exact) mass is 546 g/mol. The Hall–Kier alpha value is -1.83. The number of rotatable bonds is 6. The lowest BCUT2D eigenvalue weighted by atomic mass is 10.0. The SMILES string of the molecule is CC(C)C(=O)c1ccc(-n2c(SCc3ccc(Cl)cc3)nc3ccc(I)cc32)cc1. The van der Waals surface area contributed by atoms with E-state index in [1.807, 2.05) is 62.4 Å². The predicted molar refractivity (Wildman–Crippen MR) is 134 cm³/mol. The van der Waals surface area contributed by atoms with Gasteiger partial charge in [-0.1, -0.05) is 49.3 Å². The van der Waals surface area contributed by atoms with Gasteiger partial charge in [0.1, 0.15) is 0 Å². The number of hydrogen-bond acceptors (Lipinski definition) is 3. The summed E-state index contributed by atoms with van der Waals surface area (Å²) in [4.78, 5) is 17.2. The number of ketones is 1. The highest BCUT2D eigenvalue weighted by atomic mass is 127. The Labute approximate surface area is 199 Å². The van der Waals surface area contributed by atoms with Crippen LogP contribution in [-0.4, -0.2) is 15.3 Å². The van der Waals surface area contributed by atoms with Gasteiger partial charge in [-0.05, 0) is 82.8 Å². The predicted octanol–water partition coefficient (Wildman–Crippen LogP) is 7.41. The summed E-state index contributed by atoms with van der Waals surface area (Å²) in [6, 6.07) is 22.0. The summed E-state index contributed by atoms with van der Waals surface area (Å²) < 4.78 is 3.32. The van der Waals surface area contributed by atoms with Crippen LogP contribution in [0.15, 0.2) is 71.9 Å². The first-order valence-electron chi connectivity index (χ1n) is 9.62. The van der Waals surface area contributed by atoms with E-state index in [-0.39, 0.29) is 11.7 Å². The molecule has 0 amide bonds. The molecular weight excluding hydrogens is 527 g/mol. The van der Waals surface area contributed by atoms with Crippen molar-refractivity contribution in [2.75, 3.05) is 0 Å². The number of Topliss-reactive ketones (excluding diaryl/α,β-unsaturated/α-hetero) is 1. The largest absolute Gasteiger partial charge is 0.294 e. The number of aromatic nitrogens is 2. The lowest BCUT2D eigenvalue weighted by Crippen LogP contribution is -2.07. The van der Waals surface area contributed by atoms with Gasteiger partial charge in [0.25, 0.3) is 0 Å². The van der Waals surface area contributed by atoms with E-state index in [1.165, 1.54) is 5.56 Å². The molecule has 152 valence electrons. The van der Waals surface area contributed by atoms with Crippen molar-refractivity contribution in [3.63, 3.8) is 0 Å². The van der Waals surface area contributed by atoms with Crippen molar-refractivity contribution < 1.29 is 4.79 Å². The molecule has 6 heteroatoms. The van der Waals surface area contributed by atoms with E-state index in [0.29, 0.717) is 0 Å². The number of imidazole rings is 1. The van der Waals surface area contributed by atoms with Crippen molar-refractivity contribution in [1.82, 2.24) is 9.55 Å². The normalized spacial score (nSPS) is 11.4. The Balaban J connectivity index is 1.73. The Morgan fingerprint density at radius 2 is 1.77 bits per heavy atom. The number of benzene rings is 3. The van der Waals surface area contributed by atoms with Crippen LogP contribution in [0.4, 0.5) is 0 Å². The first-order valence-corrected chi connectivity index (χ1v) is 12.1. The Kier molecular flexibility index (Phi) is 6.51. The van der Waals surface area contributed by atoms with Crippen molar-refractivity contribution in [3.8, 4) is 5.69 Å². The molecule has 4 aromatic rings. The zero-order valence-corrected chi connectivity index (χ0v) is 20.3. The first-order chi connectivity index (χ1) is 14.4. The van der Waals surface area contributed by atoms with E-state index in [0.717, 1.165) is 41.8 Å². The van der Waals surface area contributed by atoms with Crippen molar-refractivity contribution in [2.24, 2.45) is 5.92 Å². The molecule has 0 aliphatic heterocycles. The fraction of sp³-hybridized carbons (Fsp3) is 0.167. The summed E-state index contributed by atoms with van der Waals surface area (Å²) in [5.41, 5.74) is 4.94. The summed E-state index contributed by atoms with van der Waals surface area (Å²) in [7, 11) is 0. The molecule has 0 atom stereocenters. The molecule has 1 heterocycles. The lowest BCUT2D eigenvalue weighted by Gasteiger charge is -2.11. The number of nitrogens with zero attached hydrogens (tertiary/aromatic N) is 2. The summed E-state index contributed by atoms with van der Waals surface area (Å²) in [5.74, 6) is 0.933. The van der Waals surface area contributed by atoms with Crippen molar-refractivity contribution in [1.29, 1.82) is 0 Å². The van der Waals surface area contributed by atoms with Crippen molar-refractivity contribution in [3.05, 3.63) is 86.4 Å². The van der Waals surface area contributed by atoms with E-state index in [9.17, 15) is 4.79 Å². The van der Waals surface area contributed by atoms with Gasteiger partial charge in [0.15, 0.2) is 10.9 Å². The fourth-order valence-electron chi connectivity index (χ4n) is 3.21. The number of halogens is 2. The van der Waals surface area contributed by atoms with Crippen molar-refractivity contribution >= 4 is 62.8 Å². The van der Waals surface area contributed by atoms with Gasteiger partial charge in [0, 0.05) is 31.5 Å². The molecule has 0 unspecified atom stereocenters. The number of hydrogen-bond donors (Lipinski definition) is 0. The molecule has 0 saturated carbocycles. The molecule has 0 radical (unpaired) electrons. The van der Waals surface area contributed by atoms with Crippen LogP contribution in [-0.2, 0) is 5.75 Å². The number of thioether (sulfide) groups is 1. The van der Waals surface area contributed by atoms with E-state index in [1.54, 1.807) is 11.8 Å². The molecule has 0 saturated heterocycles. The highest BCUT2D eigenvalue weighted by Gasteiger charge is 2.15. The zero-order valence-electron chi connectivity index (χ0n) is 16.6. The van der Waals surface area contributed by atoms with Gasteiger partial charge < -0.3 is 0 Å². The van der Waals surface area contributed by atoms with Gasteiger partial charge >= 0.3 is 0 Å². The first kappa shape index (κ1) is 21.4. The lowest BCUT2D eigenvalue weighted by molar-refractivity contribution is 0.0939. The van der Waals surface area contributed by atoms with Gasteiger partial charge in [-0.25, -0.2) is 4.98 Å². The number of carbonyl (C=O) groups excluding carboxylic acids is 1. The minimum Gasteiger partial charge on any atom is -0.294 e. The minimum atomic E-state index is -0.0167. The summed E-state index contributed by atoms with van der Waals surface area (Å²) in [6.45, 7) is 3.85. The maximum absolute atomic E-state index is 12.3. The fourth-order valence-corrected chi connectivity index (χ4v) is 4.79. The molecule has 3 aromatic carbocycles. The second kappa shape index (κ2) is 9.12. The standard InChI is InChI=1S/C24H20ClIN2OS/c1-15(2)23(29)17-5-10-20(11-6-17)28-22-13-19(26)9-12-21(22)27-24(28)30-14-16-3-7-18(25)8-4-16/h3-13,15H,14H2,1-2H3. The Bertz CT molecular complexity index is 1200. The van der Waals surface area contributed by atoms with E-state index in [4.69, 9.17) is 16.6 Å². The van der Waals surface area contributed by atoms with Gasteiger partial charge in [0.2, 0.25) is 0 Å². The Morgan fingerprint density at radius 3 is 2.43 bits per heavy atom. The highest BCUT2D eigenvalue weighted by Crippen LogP contribution is 2.31. The van der Waals surface area contributed by atoms with Crippen LogP contribution in [0.3, 0.4) is 0 Å². The molecule has 3 nitrogen and oxygen atoms in total. The van der Waals surface area contributed by atoms with Crippen molar-refractivity contribution in [2.45, 2.75) is 24.8 Å². The molecule has 0 N–H and O–H groups in total. The maximum Gasteiger partial charge on any atom is 0.174 e. The second-order valence-electron chi connectivity index (χ2n) is 7.34. The third-order valence-corrected chi connectivity index (χ3v) is 6.73.